The first-order valence-corrected chi connectivity index (χ1v) is 9.15. The van der Waals surface area contributed by atoms with Crippen LogP contribution in [0.15, 0.2) is 36.7 Å². The maximum Gasteiger partial charge on any atom is 0.200 e. The molecular formula is C19H21N5O3. The van der Waals surface area contributed by atoms with Crippen LogP contribution in [-0.2, 0) is 9.47 Å². The van der Waals surface area contributed by atoms with Gasteiger partial charge in [0, 0.05) is 31.5 Å². The van der Waals surface area contributed by atoms with E-state index in [9.17, 15) is 0 Å². The molecule has 0 atom stereocenters. The fraction of sp³-hybridized carbons (Fsp3) is 0.421. The second kappa shape index (κ2) is 6.47. The summed E-state index contributed by atoms with van der Waals surface area (Å²) in [5.74, 6) is 0.425. The zero-order chi connectivity index (χ0) is 18.3. The van der Waals surface area contributed by atoms with E-state index in [1.54, 1.807) is 18.0 Å². The molecule has 0 N–H and O–H groups in total. The highest BCUT2D eigenvalue weighted by Crippen LogP contribution is 2.35. The number of hydrogen-bond acceptors (Lipinski definition) is 7. The van der Waals surface area contributed by atoms with Gasteiger partial charge in [0.15, 0.2) is 5.79 Å². The van der Waals surface area contributed by atoms with Crippen LogP contribution in [0.1, 0.15) is 12.8 Å². The van der Waals surface area contributed by atoms with E-state index in [1.165, 1.54) is 0 Å². The highest BCUT2D eigenvalue weighted by atomic mass is 16.7. The Morgan fingerprint density at radius 2 is 1.81 bits per heavy atom. The Balaban J connectivity index is 1.49. The lowest BCUT2D eigenvalue weighted by Crippen LogP contribution is -2.45. The van der Waals surface area contributed by atoms with Gasteiger partial charge in [-0.25, -0.2) is 0 Å². The molecule has 8 nitrogen and oxygen atoms in total. The number of aromatic nitrogens is 4. The summed E-state index contributed by atoms with van der Waals surface area (Å²) >= 11 is 0. The molecule has 0 unspecified atom stereocenters. The molecule has 2 aliphatic heterocycles. The second-order valence-electron chi connectivity index (χ2n) is 6.84. The SMILES string of the molecule is COc1ccc(-c2cc(N3CCC4(CC3)OCCO4)c3nncn3n2)cc1. The summed E-state index contributed by atoms with van der Waals surface area (Å²) in [6.07, 6.45) is 3.32. The van der Waals surface area contributed by atoms with Crippen LogP contribution in [0.25, 0.3) is 16.9 Å². The first-order valence-electron chi connectivity index (χ1n) is 9.15. The van der Waals surface area contributed by atoms with Crippen LogP contribution in [0.5, 0.6) is 5.75 Å². The molecule has 2 aliphatic rings. The molecule has 0 bridgehead atoms. The smallest absolute Gasteiger partial charge is 0.200 e. The van der Waals surface area contributed by atoms with Crippen molar-refractivity contribution in [3.8, 4) is 17.0 Å². The third kappa shape index (κ3) is 2.90. The van der Waals surface area contributed by atoms with Gasteiger partial charge in [-0.2, -0.15) is 9.61 Å². The Morgan fingerprint density at radius 3 is 2.52 bits per heavy atom. The minimum Gasteiger partial charge on any atom is -0.497 e. The molecule has 5 rings (SSSR count). The lowest BCUT2D eigenvalue weighted by Gasteiger charge is -2.38. The van der Waals surface area contributed by atoms with E-state index in [-0.39, 0.29) is 0 Å². The third-order valence-electron chi connectivity index (χ3n) is 5.31. The molecule has 8 heteroatoms. The summed E-state index contributed by atoms with van der Waals surface area (Å²) in [4.78, 5) is 2.31. The van der Waals surface area contributed by atoms with Gasteiger partial charge in [0.25, 0.3) is 0 Å². The standard InChI is InChI=1S/C19H21N5O3/c1-25-15-4-2-14(3-5-15)16-12-17(18-21-20-13-24(18)22-16)23-8-6-19(7-9-23)26-10-11-27-19/h2-5,12-13H,6-11H2,1H3. The largest absolute Gasteiger partial charge is 0.497 e. The molecule has 3 aromatic rings. The summed E-state index contributed by atoms with van der Waals surface area (Å²) < 4.78 is 18.7. The van der Waals surface area contributed by atoms with Gasteiger partial charge in [-0.05, 0) is 30.3 Å². The lowest BCUT2D eigenvalue weighted by molar-refractivity contribution is -0.169. The van der Waals surface area contributed by atoms with E-state index >= 15 is 0 Å². The number of hydrogen-bond donors (Lipinski definition) is 0. The maximum absolute atomic E-state index is 5.85. The topological polar surface area (TPSA) is 74.0 Å². The molecule has 27 heavy (non-hydrogen) atoms. The van der Waals surface area contributed by atoms with Crippen LogP contribution in [0.3, 0.4) is 0 Å². The van der Waals surface area contributed by atoms with E-state index in [0.717, 1.165) is 54.3 Å². The van der Waals surface area contributed by atoms with Crippen molar-refractivity contribution < 1.29 is 14.2 Å². The fourth-order valence-corrected chi connectivity index (χ4v) is 3.82. The van der Waals surface area contributed by atoms with Crippen molar-refractivity contribution in [1.29, 1.82) is 0 Å². The summed E-state index contributed by atoms with van der Waals surface area (Å²) in [6.45, 7) is 3.06. The minimum absolute atomic E-state index is 0.397. The van der Waals surface area contributed by atoms with Gasteiger partial charge in [-0.1, -0.05) is 0 Å². The van der Waals surface area contributed by atoms with Crippen molar-refractivity contribution in [1.82, 2.24) is 19.8 Å². The van der Waals surface area contributed by atoms with Gasteiger partial charge in [0.2, 0.25) is 5.65 Å². The number of ether oxygens (including phenoxy) is 3. The summed E-state index contributed by atoms with van der Waals surface area (Å²) in [7, 11) is 1.66. The molecule has 4 heterocycles. The molecule has 0 radical (unpaired) electrons. The van der Waals surface area contributed by atoms with Gasteiger partial charge < -0.3 is 19.1 Å². The van der Waals surface area contributed by atoms with Gasteiger partial charge in [-0.3, -0.25) is 0 Å². The second-order valence-corrected chi connectivity index (χ2v) is 6.84. The Labute approximate surface area is 156 Å². The summed E-state index contributed by atoms with van der Waals surface area (Å²) in [6, 6.07) is 9.97. The predicted octanol–water partition coefficient (Wildman–Crippen LogP) is 2.14. The van der Waals surface area contributed by atoms with E-state index in [2.05, 4.69) is 26.3 Å². The van der Waals surface area contributed by atoms with Gasteiger partial charge in [0.1, 0.15) is 12.1 Å². The van der Waals surface area contributed by atoms with Gasteiger partial charge in [-0.15, -0.1) is 10.2 Å². The molecule has 2 saturated heterocycles. The minimum atomic E-state index is -0.397. The van der Waals surface area contributed by atoms with Crippen LogP contribution >= 0.6 is 0 Å². The highest BCUT2D eigenvalue weighted by Gasteiger charge is 2.40. The van der Waals surface area contributed by atoms with E-state index in [1.807, 2.05) is 24.3 Å². The number of anilines is 1. The van der Waals surface area contributed by atoms with Crippen LogP contribution < -0.4 is 9.64 Å². The van der Waals surface area contributed by atoms with E-state index in [4.69, 9.17) is 14.2 Å². The zero-order valence-electron chi connectivity index (χ0n) is 15.2. The number of benzene rings is 1. The first-order chi connectivity index (χ1) is 13.3. The van der Waals surface area contributed by atoms with Crippen molar-refractivity contribution in [2.75, 3.05) is 38.3 Å². The van der Waals surface area contributed by atoms with Crippen LogP contribution in [0, 0.1) is 0 Å². The summed E-state index contributed by atoms with van der Waals surface area (Å²) in [5, 5.41) is 13.0. The molecule has 0 amide bonds. The van der Waals surface area contributed by atoms with Gasteiger partial charge >= 0.3 is 0 Å². The highest BCUT2D eigenvalue weighted by molar-refractivity contribution is 5.74. The Kier molecular flexibility index (Phi) is 3.95. The molecule has 0 aliphatic carbocycles. The first kappa shape index (κ1) is 16.5. The molecule has 2 fully saturated rings. The number of piperidine rings is 1. The van der Waals surface area contributed by atoms with Crippen LogP contribution in [0.4, 0.5) is 5.69 Å². The van der Waals surface area contributed by atoms with Crippen molar-refractivity contribution in [2.24, 2.45) is 0 Å². The quantitative estimate of drug-likeness (QED) is 0.702. The van der Waals surface area contributed by atoms with Crippen molar-refractivity contribution >= 4 is 11.3 Å². The molecule has 140 valence electrons. The van der Waals surface area contributed by atoms with E-state index < -0.39 is 5.79 Å². The maximum atomic E-state index is 5.85. The number of rotatable bonds is 3. The van der Waals surface area contributed by atoms with E-state index in [0.29, 0.717) is 13.2 Å². The average Bonchev–Trinajstić information content (AvgIpc) is 3.38. The normalized spacial score (nSPS) is 19.1. The van der Waals surface area contributed by atoms with Crippen molar-refractivity contribution in [2.45, 2.75) is 18.6 Å². The molecule has 0 saturated carbocycles. The number of nitrogens with zero attached hydrogens (tertiary/aromatic N) is 5. The Morgan fingerprint density at radius 1 is 1.07 bits per heavy atom. The number of methoxy groups -OCH3 is 1. The Hall–Kier alpha value is -2.71. The average molecular weight is 367 g/mol. The molecule has 2 aromatic heterocycles. The molecular weight excluding hydrogens is 346 g/mol. The van der Waals surface area contributed by atoms with Crippen molar-refractivity contribution in [3.05, 3.63) is 36.7 Å². The van der Waals surface area contributed by atoms with Crippen LogP contribution in [0.2, 0.25) is 0 Å². The number of fused-ring (bicyclic) bond motifs is 1. The fourth-order valence-electron chi connectivity index (χ4n) is 3.82. The third-order valence-corrected chi connectivity index (χ3v) is 5.31. The van der Waals surface area contributed by atoms with Gasteiger partial charge in [0.05, 0.1) is 31.7 Å². The predicted molar refractivity (Wildman–Crippen MR) is 98.9 cm³/mol. The Bertz CT molecular complexity index is 940. The van der Waals surface area contributed by atoms with Crippen molar-refractivity contribution in [3.63, 3.8) is 0 Å². The zero-order valence-corrected chi connectivity index (χ0v) is 15.2. The van der Waals surface area contributed by atoms with Crippen LogP contribution in [-0.4, -0.2) is 59.0 Å². The lowest BCUT2D eigenvalue weighted by atomic mass is 10.0. The monoisotopic (exact) mass is 367 g/mol. The molecule has 1 aromatic carbocycles. The summed E-state index contributed by atoms with van der Waals surface area (Å²) in [5.41, 5.74) is 3.68. The molecule has 1 spiro atoms.